The van der Waals surface area contributed by atoms with Crippen LogP contribution in [0.5, 0.6) is 0 Å². The van der Waals surface area contributed by atoms with Crippen LogP contribution in [0.1, 0.15) is 11.1 Å². The van der Waals surface area contributed by atoms with Crippen LogP contribution in [0.3, 0.4) is 0 Å². The van der Waals surface area contributed by atoms with Gasteiger partial charge in [0.2, 0.25) is 0 Å². The Bertz CT molecular complexity index is 308. The minimum Gasteiger partial charge on any atom is -0.395 e. The van der Waals surface area contributed by atoms with E-state index < -0.39 is 11.7 Å². The topological polar surface area (TPSA) is 32.3 Å². The van der Waals surface area contributed by atoms with Crippen molar-refractivity contribution in [3.63, 3.8) is 0 Å². The second-order valence-corrected chi connectivity index (χ2v) is 3.42. The van der Waals surface area contributed by atoms with Crippen LogP contribution in [0.15, 0.2) is 24.3 Å². The number of benzene rings is 1. The van der Waals surface area contributed by atoms with Crippen molar-refractivity contribution < 1.29 is 18.3 Å². The lowest BCUT2D eigenvalue weighted by Crippen LogP contribution is -2.20. The largest absolute Gasteiger partial charge is 0.416 e. The summed E-state index contributed by atoms with van der Waals surface area (Å²) in [6.45, 7) is 1.21. The number of hydrogen-bond donors (Lipinski definition) is 2. The van der Waals surface area contributed by atoms with Crippen molar-refractivity contribution in [3.8, 4) is 0 Å². The predicted octanol–water partition coefficient (Wildman–Crippen LogP) is 1.83. The van der Waals surface area contributed by atoms with Crippen LogP contribution in [0.25, 0.3) is 0 Å². The lowest BCUT2D eigenvalue weighted by atomic mass is 10.1. The van der Waals surface area contributed by atoms with Gasteiger partial charge >= 0.3 is 6.18 Å². The number of aliphatic hydroxyl groups is 1. The molecule has 0 fully saturated rings. The monoisotopic (exact) mass is 233 g/mol. The summed E-state index contributed by atoms with van der Waals surface area (Å²) >= 11 is 0. The molecule has 0 radical (unpaired) electrons. The van der Waals surface area contributed by atoms with Crippen LogP contribution >= 0.6 is 0 Å². The molecule has 0 saturated heterocycles. The van der Waals surface area contributed by atoms with E-state index in [0.29, 0.717) is 19.5 Å². The van der Waals surface area contributed by atoms with Crippen LogP contribution < -0.4 is 5.32 Å². The molecule has 0 spiro atoms. The molecule has 1 aromatic carbocycles. The van der Waals surface area contributed by atoms with Crippen LogP contribution in [-0.2, 0) is 12.6 Å². The molecule has 16 heavy (non-hydrogen) atoms. The second-order valence-electron chi connectivity index (χ2n) is 3.42. The van der Waals surface area contributed by atoms with E-state index in [-0.39, 0.29) is 6.61 Å². The van der Waals surface area contributed by atoms with E-state index in [2.05, 4.69) is 5.32 Å². The van der Waals surface area contributed by atoms with E-state index in [4.69, 9.17) is 5.11 Å². The smallest absolute Gasteiger partial charge is 0.395 e. The van der Waals surface area contributed by atoms with Crippen molar-refractivity contribution in [1.29, 1.82) is 0 Å². The molecule has 90 valence electrons. The van der Waals surface area contributed by atoms with Gasteiger partial charge in [0, 0.05) is 6.54 Å². The van der Waals surface area contributed by atoms with Crippen LogP contribution in [-0.4, -0.2) is 24.8 Å². The van der Waals surface area contributed by atoms with Gasteiger partial charge in [-0.25, -0.2) is 0 Å². The van der Waals surface area contributed by atoms with Gasteiger partial charge in [-0.3, -0.25) is 0 Å². The van der Waals surface area contributed by atoms with Gasteiger partial charge in [-0.1, -0.05) is 12.1 Å². The predicted molar refractivity (Wildman–Crippen MR) is 55.1 cm³/mol. The summed E-state index contributed by atoms with van der Waals surface area (Å²) < 4.78 is 36.7. The molecule has 5 heteroatoms. The molecular formula is C11H14F3NO. The highest BCUT2D eigenvalue weighted by molar-refractivity contribution is 5.24. The third-order valence-corrected chi connectivity index (χ3v) is 2.16. The number of hydrogen-bond acceptors (Lipinski definition) is 2. The Hall–Kier alpha value is -1.07. The van der Waals surface area contributed by atoms with Crippen LogP contribution in [0.4, 0.5) is 13.2 Å². The number of nitrogens with one attached hydrogen (secondary N) is 1. The molecule has 0 unspecified atom stereocenters. The van der Waals surface area contributed by atoms with E-state index in [1.54, 1.807) is 0 Å². The van der Waals surface area contributed by atoms with Crippen molar-refractivity contribution >= 4 is 0 Å². The van der Waals surface area contributed by atoms with Crippen molar-refractivity contribution in [2.75, 3.05) is 19.7 Å². The Labute approximate surface area is 92.1 Å². The third kappa shape index (κ3) is 4.20. The minimum atomic E-state index is -4.27. The Balaban J connectivity index is 2.46. The van der Waals surface area contributed by atoms with Gasteiger partial charge in [-0.15, -0.1) is 0 Å². The summed E-state index contributed by atoms with van der Waals surface area (Å²) in [5.74, 6) is 0. The molecule has 1 aromatic rings. The van der Waals surface area contributed by atoms with Gasteiger partial charge in [0.1, 0.15) is 0 Å². The molecule has 0 heterocycles. The fraction of sp³-hybridized carbons (Fsp3) is 0.455. The maximum atomic E-state index is 12.2. The van der Waals surface area contributed by atoms with E-state index in [9.17, 15) is 13.2 Å². The molecule has 0 bridgehead atoms. The van der Waals surface area contributed by atoms with Crippen molar-refractivity contribution in [2.45, 2.75) is 12.6 Å². The van der Waals surface area contributed by atoms with Crippen molar-refractivity contribution in [2.24, 2.45) is 0 Å². The molecule has 0 saturated carbocycles. The van der Waals surface area contributed by atoms with Gasteiger partial charge in [-0.2, -0.15) is 13.2 Å². The Morgan fingerprint density at radius 2 is 1.69 bits per heavy atom. The Morgan fingerprint density at radius 3 is 2.19 bits per heavy atom. The molecule has 0 amide bonds. The average molecular weight is 233 g/mol. The molecule has 0 aliphatic rings. The maximum Gasteiger partial charge on any atom is 0.416 e. The first-order valence-corrected chi connectivity index (χ1v) is 5.02. The highest BCUT2D eigenvalue weighted by Crippen LogP contribution is 2.29. The zero-order valence-corrected chi connectivity index (χ0v) is 8.72. The van der Waals surface area contributed by atoms with E-state index in [0.717, 1.165) is 17.7 Å². The van der Waals surface area contributed by atoms with Crippen molar-refractivity contribution in [1.82, 2.24) is 5.32 Å². The molecular weight excluding hydrogens is 219 g/mol. The van der Waals surface area contributed by atoms with Gasteiger partial charge in [0.25, 0.3) is 0 Å². The quantitative estimate of drug-likeness (QED) is 0.760. The van der Waals surface area contributed by atoms with Crippen molar-refractivity contribution in [3.05, 3.63) is 35.4 Å². The summed E-state index contributed by atoms with van der Waals surface area (Å²) in [6.07, 6.45) is -3.62. The highest BCUT2D eigenvalue weighted by atomic mass is 19.4. The van der Waals surface area contributed by atoms with Crippen LogP contribution in [0, 0.1) is 0 Å². The molecule has 0 atom stereocenters. The summed E-state index contributed by atoms with van der Waals surface area (Å²) in [5, 5.41) is 11.5. The molecule has 2 N–H and O–H groups in total. The first-order chi connectivity index (χ1) is 7.54. The standard InChI is InChI=1S/C11H14F3NO/c12-11(13,14)10-3-1-9(2-4-10)5-6-15-7-8-16/h1-4,15-16H,5-8H2. The number of halogens is 3. The zero-order chi connectivity index (χ0) is 12.0. The fourth-order valence-electron chi connectivity index (χ4n) is 1.30. The number of alkyl halides is 3. The first-order valence-electron chi connectivity index (χ1n) is 5.02. The third-order valence-electron chi connectivity index (χ3n) is 2.16. The second kappa shape index (κ2) is 5.86. The van der Waals surface area contributed by atoms with E-state index >= 15 is 0 Å². The molecule has 0 aromatic heterocycles. The summed E-state index contributed by atoms with van der Waals surface area (Å²) in [5.41, 5.74) is 0.220. The van der Waals surface area contributed by atoms with Gasteiger partial charge < -0.3 is 10.4 Å². The number of aliphatic hydroxyl groups excluding tert-OH is 1. The lowest BCUT2D eigenvalue weighted by Gasteiger charge is -2.07. The minimum absolute atomic E-state index is 0.0625. The molecule has 0 aliphatic carbocycles. The summed E-state index contributed by atoms with van der Waals surface area (Å²) in [4.78, 5) is 0. The normalized spacial score (nSPS) is 11.8. The SMILES string of the molecule is OCCNCCc1ccc(C(F)(F)F)cc1. The molecule has 0 aliphatic heterocycles. The molecule has 2 nitrogen and oxygen atoms in total. The van der Waals surface area contributed by atoms with E-state index in [1.807, 2.05) is 0 Å². The lowest BCUT2D eigenvalue weighted by molar-refractivity contribution is -0.137. The maximum absolute atomic E-state index is 12.2. The number of rotatable bonds is 5. The molecule has 1 rings (SSSR count). The highest BCUT2D eigenvalue weighted by Gasteiger charge is 2.29. The first kappa shape index (κ1) is 13.0. The van der Waals surface area contributed by atoms with E-state index in [1.165, 1.54) is 12.1 Å². The Kier molecular flexibility index (Phi) is 4.76. The zero-order valence-electron chi connectivity index (χ0n) is 8.72. The summed E-state index contributed by atoms with van der Waals surface area (Å²) in [7, 11) is 0. The van der Waals surface area contributed by atoms with Crippen LogP contribution in [0.2, 0.25) is 0 Å². The van der Waals surface area contributed by atoms with Gasteiger partial charge in [-0.05, 0) is 30.7 Å². The van der Waals surface area contributed by atoms with Gasteiger partial charge in [0.05, 0.1) is 12.2 Å². The Morgan fingerprint density at radius 1 is 1.06 bits per heavy atom. The average Bonchev–Trinajstić information content (AvgIpc) is 2.24. The summed E-state index contributed by atoms with van der Waals surface area (Å²) in [6, 6.07) is 5.12. The van der Waals surface area contributed by atoms with Gasteiger partial charge in [0.15, 0.2) is 0 Å². The fourth-order valence-corrected chi connectivity index (χ4v) is 1.30.